The molecule has 1 N–H and O–H groups in total. The van der Waals surface area contributed by atoms with Gasteiger partial charge in [-0.15, -0.1) is 0 Å². The summed E-state index contributed by atoms with van der Waals surface area (Å²) >= 11 is 0. The van der Waals surface area contributed by atoms with E-state index in [0.29, 0.717) is 6.04 Å². The summed E-state index contributed by atoms with van der Waals surface area (Å²) in [5.74, 6) is 0.860. The van der Waals surface area contributed by atoms with E-state index in [9.17, 15) is 0 Å². The van der Waals surface area contributed by atoms with Crippen molar-refractivity contribution in [1.82, 2.24) is 10.2 Å². The van der Waals surface area contributed by atoms with Gasteiger partial charge in [0.05, 0.1) is 0 Å². The molecule has 1 heterocycles. The second-order valence-electron chi connectivity index (χ2n) is 6.60. The second-order valence-corrected chi connectivity index (χ2v) is 6.60. The van der Waals surface area contributed by atoms with E-state index in [1.54, 1.807) is 0 Å². The van der Waals surface area contributed by atoms with Crippen molar-refractivity contribution in [2.75, 3.05) is 13.1 Å². The molecular formula is C15H30N2. The Morgan fingerprint density at radius 1 is 1.12 bits per heavy atom. The van der Waals surface area contributed by atoms with Gasteiger partial charge in [0.1, 0.15) is 0 Å². The van der Waals surface area contributed by atoms with Crippen LogP contribution < -0.4 is 5.32 Å². The van der Waals surface area contributed by atoms with Crippen molar-refractivity contribution < 1.29 is 0 Å². The first kappa shape index (κ1) is 13.4. The molecule has 2 aliphatic rings. The van der Waals surface area contributed by atoms with Crippen LogP contribution in [0.15, 0.2) is 0 Å². The Bertz CT molecular complexity index is 223. The Hall–Kier alpha value is -0.0800. The molecule has 1 aliphatic heterocycles. The summed E-state index contributed by atoms with van der Waals surface area (Å²) < 4.78 is 0. The van der Waals surface area contributed by atoms with Crippen LogP contribution in [0.25, 0.3) is 0 Å². The number of rotatable bonds is 7. The molecule has 0 spiro atoms. The molecule has 2 unspecified atom stereocenters. The lowest BCUT2D eigenvalue weighted by Gasteiger charge is -2.20. The molecule has 100 valence electrons. The van der Waals surface area contributed by atoms with E-state index >= 15 is 0 Å². The standard InChI is InChI=1S/C15H30N2/c1-12(2)5-4-6-13(3)16-14-9-10-17(11-14)15-7-8-15/h12-16H,4-11H2,1-3H3. The van der Waals surface area contributed by atoms with E-state index in [2.05, 4.69) is 31.0 Å². The van der Waals surface area contributed by atoms with Crippen molar-refractivity contribution in [3.63, 3.8) is 0 Å². The third kappa shape index (κ3) is 4.59. The van der Waals surface area contributed by atoms with Crippen LogP contribution in [0, 0.1) is 5.92 Å². The fourth-order valence-electron chi connectivity index (χ4n) is 3.01. The molecule has 0 aromatic carbocycles. The highest BCUT2D eigenvalue weighted by molar-refractivity contribution is 4.92. The van der Waals surface area contributed by atoms with Gasteiger partial charge < -0.3 is 5.32 Å². The zero-order valence-corrected chi connectivity index (χ0v) is 11.9. The molecule has 0 bridgehead atoms. The van der Waals surface area contributed by atoms with Crippen molar-refractivity contribution in [1.29, 1.82) is 0 Å². The van der Waals surface area contributed by atoms with Gasteiger partial charge in [-0.25, -0.2) is 0 Å². The molecule has 0 amide bonds. The third-order valence-electron chi connectivity index (χ3n) is 4.22. The molecule has 2 rings (SSSR count). The maximum atomic E-state index is 3.82. The lowest BCUT2D eigenvalue weighted by Crippen LogP contribution is -2.38. The lowest BCUT2D eigenvalue weighted by atomic mass is 10.0. The number of hydrogen-bond acceptors (Lipinski definition) is 2. The SMILES string of the molecule is CC(C)CCCC(C)NC1CCN(C2CC2)C1. The van der Waals surface area contributed by atoms with Gasteiger partial charge in [-0.2, -0.15) is 0 Å². The summed E-state index contributed by atoms with van der Waals surface area (Å²) in [6.07, 6.45) is 8.38. The summed E-state index contributed by atoms with van der Waals surface area (Å²) in [6.45, 7) is 9.64. The highest BCUT2D eigenvalue weighted by atomic mass is 15.2. The normalized spacial score (nSPS) is 27.9. The van der Waals surface area contributed by atoms with Crippen molar-refractivity contribution in [2.45, 2.75) is 77.4 Å². The average Bonchev–Trinajstić information content (AvgIpc) is 3.00. The Morgan fingerprint density at radius 3 is 2.53 bits per heavy atom. The largest absolute Gasteiger partial charge is 0.310 e. The van der Waals surface area contributed by atoms with Crippen LogP contribution in [-0.2, 0) is 0 Å². The van der Waals surface area contributed by atoms with Crippen molar-refractivity contribution in [3.8, 4) is 0 Å². The zero-order valence-electron chi connectivity index (χ0n) is 11.9. The average molecular weight is 238 g/mol. The Kier molecular flexibility index (Phi) is 4.87. The van der Waals surface area contributed by atoms with Gasteiger partial charge in [0.25, 0.3) is 0 Å². The summed E-state index contributed by atoms with van der Waals surface area (Å²) in [7, 11) is 0. The van der Waals surface area contributed by atoms with Gasteiger partial charge in [-0.05, 0) is 38.5 Å². The molecule has 1 aliphatic carbocycles. The van der Waals surface area contributed by atoms with Crippen molar-refractivity contribution in [2.24, 2.45) is 5.92 Å². The molecule has 2 nitrogen and oxygen atoms in total. The molecule has 2 fully saturated rings. The maximum Gasteiger partial charge on any atom is 0.0209 e. The Labute approximate surface area is 107 Å². The number of nitrogens with one attached hydrogen (secondary N) is 1. The summed E-state index contributed by atoms with van der Waals surface area (Å²) in [6, 6.07) is 2.43. The van der Waals surface area contributed by atoms with Gasteiger partial charge >= 0.3 is 0 Å². The summed E-state index contributed by atoms with van der Waals surface area (Å²) in [5.41, 5.74) is 0. The molecule has 0 radical (unpaired) electrons. The monoisotopic (exact) mass is 238 g/mol. The minimum absolute atomic E-state index is 0.706. The van der Waals surface area contributed by atoms with E-state index in [1.165, 1.54) is 51.6 Å². The van der Waals surface area contributed by atoms with Crippen LogP contribution in [-0.4, -0.2) is 36.1 Å². The highest BCUT2D eigenvalue weighted by Gasteiger charge is 2.34. The van der Waals surface area contributed by atoms with E-state index in [4.69, 9.17) is 0 Å². The molecule has 1 saturated carbocycles. The van der Waals surface area contributed by atoms with E-state index < -0.39 is 0 Å². The van der Waals surface area contributed by atoms with Crippen molar-refractivity contribution >= 4 is 0 Å². The first-order chi connectivity index (χ1) is 8.15. The number of hydrogen-bond donors (Lipinski definition) is 1. The van der Waals surface area contributed by atoms with Gasteiger partial charge in [-0.3, -0.25) is 4.90 Å². The molecule has 2 atom stereocenters. The van der Waals surface area contributed by atoms with E-state index in [-0.39, 0.29) is 0 Å². The van der Waals surface area contributed by atoms with Crippen LogP contribution in [0.4, 0.5) is 0 Å². The fourth-order valence-corrected chi connectivity index (χ4v) is 3.01. The maximum absolute atomic E-state index is 3.82. The second kappa shape index (κ2) is 6.19. The highest BCUT2D eigenvalue weighted by Crippen LogP contribution is 2.29. The quantitative estimate of drug-likeness (QED) is 0.733. The van der Waals surface area contributed by atoms with Gasteiger partial charge in [0.2, 0.25) is 0 Å². The minimum Gasteiger partial charge on any atom is -0.310 e. The summed E-state index contributed by atoms with van der Waals surface area (Å²) in [5, 5.41) is 3.82. The molecule has 17 heavy (non-hydrogen) atoms. The Morgan fingerprint density at radius 2 is 1.88 bits per heavy atom. The molecule has 0 aromatic rings. The van der Waals surface area contributed by atoms with E-state index in [0.717, 1.165) is 18.0 Å². The van der Waals surface area contributed by atoms with Crippen LogP contribution in [0.2, 0.25) is 0 Å². The Balaban J connectivity index is 1.57. The molecule has 2 heteroatoms. The predicted octanol–water partition coefficient (Wildman–Crippen LogP) is 3.03. The number of likely N-dealkylation sites (tertiary alicyclic amines) is 1. The van der Waals surface area contributed by atoms with Gasteiger partial charge in [0.15, 0.2) is 0 Å². The van der Waals surface area contributed by atoms with Gasteiger partial charge in [-0.1, -0.05) is 26.7 Å². The smallest absolute Gasteiger partial charge is 0.0209 e. The van der Waals surface area contributed by atoms with E-state index in [1.807, 2.05) is 0 Å². The van der Waals surface area contributed by atoms with Crippen LogP contribution in [0.1, 0.15) is 59.3 Å². The van der Waals surface area contributed by atoms with Crippen LogP contribution >= 0.6 is 0 Å². The van der Waals surface area contributed by atoms with Crippen LogP contribution in [0.3, 0.4) is 0 Å². The first-order valence-corrected chi connectivity index (χ1v) is 7.65. The van der Waals surface area contributed by atoms with Gasteiger partial charge in [0, 0.05) is 31.2 Å². The molecule has 1 saturated heterocycles. The topological polar surface area (TPSA) is 15.3 Å². The lowest BCUT2D eigenvalue weighted by molar-refractivity contribution is 0.311. The van der Waals surface area contributed by atoms with Crippen LogP contribution in [0.5, 0.6) is 0 Å². The first-order valence-electron chi connectivity index (χ1n) is 7.65. The molecular weight excluding hydrogens is 208 g/mol. The number of nitrogens with zero attached hydrogens (tertiary/aromatic N) is 1. The zero-order chi connectivity index (χ0) is 12.3. The fraction of sp³-hybridized carbons (Fsp3) is 1.00. The third-order valence-corrected chi connectivity index (χ3v) is 4.22. The van der Waals surface area contributed by atoms with Crippen molar-refractivity contribution in [3.05, 3.63) is 0 Å². The molecule has 0 aromatic heterocycles. The minimum atomic E-state index is 0.706. The predicted molar refractivity (Wildman–Crippen MR) is 74.3 cm³/mol. The summed E-state index contributed by atoms with van der Waals surface area (Å²) in [4.78, 5) is 2.69.